The van der Waals surface area contributed by atoms with Crippen molar-refractivity contribution in [2.75, 3.05) is 6.54 Å². The fourth-order valence-electron chi connectivity index (χ4n) is 0.749. The lowest BCUT2D eigenvalue weighted by atomic mass is 10.3. The van der Waals surface area contributed by atoms with Gasteiger partial charge in [0, 0.05) is 0 Å². The molecule has 40 valence electrons. The Kier molecular flexibility index (Phi) is 1.09. The highest BCUT2D eigenvalue weighted by molar-refractivity contribution is 4.83. The fraction of sp³-hybridized carbons (Fsp3) is 1.00. The van der Waals surface area contributed by atoms with E-state index in [4.69, 9.17) is 0 Å². The number of rotatable bonds is 2. The third-order valence-electron chi connectivity index (χ3n) is 1.59. The first-order valence-corrected chi connectivity index (χ1v) is 2.63. The van der Waals surface area contributed by atoms with Crippen molar-refractivity contribution in [3.05, 3.63) is 4.91 Å². The molecule has 1 saturated carbocycles. The van der Waals surface area contributed by atoms with Gasteiger partial charge in [0.2, 0.25) is 0 Å². The average Bonchev–Trinajstić information content (AvgIpc) is 2.22. The summed E-state index contributed by atoms with van der Waals surface area (Å²) in [5, 5.41) is 2.80. The van der Waals surface area contributed by atoms with E-state index in [0.717, 1.165) is 5.92 Å². The van der Waals surface area contributed by atoms with E-state index in [1.807, 2.05) is 0 Å². The Labute approximate surface area is 42.9 Å². The van der Waals surface area contributed by atoms with Crippen molar-refractivity contribution in [1.29, 1.82) is 0 Å². The van der Waals surface area contributed by atoms with Gasteiger partial charge in [-0.25, -0.2) is 0 Å². The standard InChI is InChI=1S/C5H9NO/c1-4-2-5(4)3-6-7/h4-5H,2-3H2,1H3. The predicted molar refractivity (Wildman–Crippen MR) is 27.9 cm³/mol. The minimum Gasteiger partial charge on any atom is -0.151 e. The Bertz CT molecular complexity index is 82.1. The molecule has 2 nitrogen and oxygen atoms in total. The van der Waals surface area contributed by atoms with Crippen LogP contribution in [0, 0.1) is 16.7 Å². The molecule has 0 N–H and O–H groups in total. The van der Waals surface area contributed by atoms with Crippen LogP contribution in [0.2, 0.25) is 0 Å². The largest absolute Gasteiger partial charge is 0.151 e. The summed E-state index contributed by atoms with van der Waals surface area (Å²) in [6.07, 6.45) is 1.21. The summed E-state index contributed by atoms with van der Waals surface area (Å²) in [6, 6.07) is 0. The molecule has 2 unspecified atom stereocenters. The maximum absolute atomic E-state index is 9.55. The fourth-order valence-corrected chi connectivity index (χ4v) is 0.749. The Hall–Kier alpha value is -0.400. The summed E-state index contributed by atoms with van der Waals surface area (Å²) in [4.78, 5) is 9.55. The van der Waals surface area contributed by atoms with Crippen molar-refractivity contribution < 1.29 is 0 Å². The van der Waals surface area contributed by atoms with E-state index < -0.39 is 0 Å². The molecule has 1 aliphatic rings. The molecule has 1 fully saturated rings. The molecule has 1 aliphatic carbocycles. The molecule has 0 saturated heterocycles. The lowest BCUT2D eigenvalue weighted by Gasteiger charge is -1.78. The van der Waals surface area contributed by atoms with Gasteiger partial charge in [-0.15, -0.1) is 0 Å². The maximum Gasteiger partial charge on any atom is 0.0841 e. The predicted octanol–water partition coefficient (Wildman–Crippen LogP) is 1.41. The highest BCUT2D eigenvalue weighted by atomic mass is 16.3. The Balaban J connectivity index is 2.08. The first-order valence-electron chi connectivity index (χ1n) is 2.63. The lowest BCUT2D eigenvalue weighted by molar-refractivity contribution is 0.758. The van der Waals surface area contributed by atoms with Gasteiger partial charge in [-0.05, 0) is 18.3 Å². The molecule has 0 radical (unpaired) electrons. The zero-order valence-corrected chi connectivity index (χ0v) is 4.42. The van der Waals surface area contributed by atoms with Gasteiger partial charge in [0.05, 0.1) is 6.54 Å². The first kappa shape index (κ1) is 4.75. The average molecular weight is 99.1 g/mol. The van der Waals surface area contributed by atoms with Crippen molar-refractivity contribution in [2.24, 2.45) is 17.0 Å². The minimum atomic E-state index is 0.543. The molecule has 0 aromatic rings. The van der Waals surface area contributed by atoms with E-state index in [1.54, 1.807) is 0 Å². The second-order valence-corrected chi connectivity index (χ2v) is 2.28. The zero-order valence-electron chi connectivity index (χ0n) is 4.42. The molecule has 0 aliphatic heterocycles. The summed E-state index contributed by atoms with van der Waals surface area (Å²) in [5.41, 5.74) is 0. The Morgan fingerprint density at radius 3 is 2.57 bits per heavy atom. The van der Waals surface area contributed by atoms with Crippen LogP contribution < -0.4 is 0 Å². The zero-order chi connectivity index (χ0) is 5.28. The van der Waals surface area contributed by atoms with Crippen LogP contribution in [0.25, 0.3) is 0 Å². The quantitative estimate of drug-likeness (QED) is 0.481. The molecule has 0 heterocycles. The summed E-state index contributed by atoms with van der Waals surface area (Å²) >= 11 is 0. The van der Waals surface area contributed by atoms with Crippen LogP contribution in [0.15, 0.2) is 5.18 Å². The maximum atomic E-state index is 9.55. The second kappa shape index (κ2) is 1.60. The Morgan fingerprint density at radius 2 is 2.43 bits per heavy atom. The molecule has 0 bridgehead atoms. The third-order valence-corrected chi connectivity index (χ3v) is 1.59. The van der Waals surface area contributed by atoms with Gasteiger partial charge in [-0.2, -0.15) is 4.91 Å². The molecular formula is C5H9NO. The van der Waals surface area contributed by atoms with Crippen molar-refractivity contribution in [3.8, 4) is 0 Å². The highest BCUT2D eigenvalue weighted by Crippen LogP contribution is 2.37. The molecule has 0 amide bonds. The van der Waals surface area contributed by atoms with E-state index in [2.05, 4.69) is 12.1 Å². The molecule has 1 rings (SSSR count). The SMILES string of the molecule is CC1CC1CN=O. The molecule has 2 atom stereocenters. The van der Waals surface area contributed by atoms with Crippen molar-refractivity contribution in [3.63, 3.8) is 0 Å². The van der Waals surface area contributed by atoms with Crippen LogP contribution in [0.5, 0.6) is 0 Å². The number of hydrogen-bond donors (Lipinski definition) is 0. The highest BCUT2D eigenvalue weighted by Gasteiger charge is 2.32. The topological polar surface area (TPSA) is 29.4 Å². The molecular weight excluding hydrogens is 90.1 g/mol. The van der Waals surface area contributed by atoms with E-state index in [-0.39, 0.29) is 0 Å². The smallest absolute Gasteiger partial charge is 0.0841 e. The minimum absolute atomic E-state index is 0.543. The van der Waals surface area contributed by atoms with Crippen LogP contribution in [0.4, 0.5) is 0 Å². The van der Waals surface area contributed by atoms with Crippen molar-refractivity contribution in [1.82, 2.24) is 0 Å². The van der Waals surface area contributed by atoms with Crippen molar-refractivity contribution in [2.45, 2.75) is 13.3 Å². The van der Waals surface area contributed by atoms with Crippen LogP contribution in [0.1, 0.15) is 13.3 Å². The number of nitroso groups, excluding NO2 is 1. The van der Waals surface area contributed by atoms with Gasteiger partial charge < -0.3 is 0 Å². The summed E-state index contributed by atoms with van der Waals surface area (Å²) in [7, 11) is 0. The Morgan fingerprint density at radius 1 is 1.86 bits per heavy atom. The number of nitrogens with zero attached hydrogens (tertiary/aromatic N) is 1. The first-order chi connectivity index (χ1) is 3.34. The van der Waals surface area contributed by atoms with Crippen molar-refractivity contribution >= 4 is 0 Å². The van der Waals surface area contributed by atoms with Gasteiger partial charge in [0.25, 0.3) is 0 Å². The molecule has 0 spiro atoms. The monoisotopic (exact) mass is 99.1 g/mol. The van der Waals surface area contributed by atoms with Gasteiger partial charge in [0.1, 0.15) is 0 Å². The summed E-state index contributed by atoms with van der Waals surface area (Å²) < 4.78 is 0. The van der Waals surface area contributed by atoms with E-state index in [0.29, 0.717) is 12.5 Å². The molecule has 0 aromatic carbocycles. The van der Waals surface area contributed by atoms with Crippen LogP contribution in [-0.2, 0) is 0 Å². The van der Waals surface area contributed by atoms with Gasteiger partial charge in [-0.3, -0.25) is 0 Å². The van der Waals surface area contributed by atoms with Gasteiger partial charge >= 0.3 is 0 Å². The normalized spacial score (nSPS) is 37.9. The summed E-state index contributed by atoms with van der Waals surface area (Å²) in [6.45, 7) is 2.69. The second-order valence-electron chi connectivity index (χ2n) is 2.28. The summed E-state index contributed by atoms with van der Waals surface area (Å²) in [5.74, 6) is 1.41. The molecule has 7 heavy (non-hydrogen) atoms. The molecule has 2 heteroatoms. The van der Waals surface area contributed by atoms with E-state index >= 15 is 0 Å². The van der Waals surface area contributed by atoms with E-state index in [1.165, 1.54) is 6.42 Å². The van der Waals surface area contributed by atoms with Gasteiger partial charge in [-0.1, -0.05) is 12.1 Å². The lowest BCUT2D eigenvalue weighted by Crippen LogP contribution is -1.80. The van der Waals surface area contributed by atoms with Crippen LogP contribution >= 0.6 is 0 Å². The third kappa shape index (κ3) is 0.981. The van der Waals surface area contributed by atoms with Gasteiger partial charge in [0.15, 0.2) is 0 Å². The van der Waals surface area contributed by atoms with Crippen LogP contribution in [0.3, 0.4) is 0 Å². The number of hydrogen-bond acceptors (Lipinski definition) is 2. The van der Waals surface area contributed by atoms with Crippen LogP contribution in [-0.4, -0.2) is 6.54 Å². The molecule has 0 aromatic heterocycles. The van der Waals surface area contributed by atoms with E-state index in [9.17, 15) is 4.91 Å².